The Hall–Kier alpha value is -0.340. The smallest absolute Gasteiger partial charge is 0.218 e. The number of rotatable bonds is 10. The fraction of sp³-hybridized carbons (Fsp3) is 1.00. The average molecular weight is 427 g/mol. The quantitative estimate of drug-likeness (QED) is 0.388. The topological polar surface area (TPSA) is 206 Å². The molecule has 0 saturated carbocycles. The second-order valence-electron chi connectivity index (χ2n) is 6.09. The molecule has 0 spiro atoms. The van der Waals surface area contributed by atoms with Crippen molar-refractivity contribution in [1.82, 2.24) is 12.3 Å². The zero-order valence-electron chi connectivity index (χ0n) is 17.3. The van der Waals surface area contributed by atoms with Gasteiger partial charge in [0.25, 0.3) is 0 Å². The van der Waals surface area contributed by atoms with Crippen molar-refractivity contribution < 1.29 is 34.3 Å². The van der Waals surface area contributed by atoms with E-state index in [1.807, 2.05) is 13.8 Å². The molecule has 10 nitrogen and oxygen atoms in total. The lowest BCUT2D eigenvalue weighted by atomic mass is 9.98. The summed E-state index contributed by atoms with van der Waals surface area (Å²) in [7, 11) is -9.13. The van der Waals surface area contributed by atoms with E-state index in [4.69, 9.17) is 0 Å². The van der Waals surface area contributed by atoms with Crippen LogP contribution in [0.15, 0.2) is 0 Å². The van der Waals surface area contributed by atoms with Crippen LogP contribution in [-0.2, 0) is 29.2 Å². The highest BCUT2D eigenvalue weighted by Crippen LogP contribution is 2.24. The van der Waals surface area contributed by atoms with Gasteiger partial charge in [0.15, 0.2) is 0 Å². The zero-order valence-corrected chi connectivity index (χ0v) is 19.0. The molecule has 0 saturated heterocycles. The molecule has 0 aliphatic carbocycles. The van der Waals surface area contributed by atoms with Gasteiger partial charge in [0, 0.05) is 0 Å². The van der Waals surface area contributed by atoms with Crippen LogP contribution in [0.2, 0.25) is 0 Å². The molecule has 2 unspecified atom stereocenters. The lowest BCUT2D eigenvalue weighted by molar-refractivity contribution is 0.0644. The van der Waals surface area contributed by atoms with E-state index in [0.717, 1.165) is 12.8 Å². The van der Waals surface area contributed by atoms with Crippen molar-refractivity contribution >= 4 is 20.8 Å². The molecule has 2 atom stereocenters. The Bertz CT molecular complexity index is 503. The molecular weight excluding hydrogens is 388 g/mol. The molecule has 0 aliphatic rings. The van der Waals surface area contributed by atoms with Crippen molar-refractivity contribution in [2.24, 2.45) is 0 Å². The maximum absolute atomic E-state index is 10.3. The summed E-state index contributed by atoms with van der Waals surface area (Å²) in [5, 5.41) is 0. The molecule has 0 aromatic rings. The third-order valence-electron chi connectivity index (χ3n) is 3.66. The van der Waals surface area contributed by atoms with E-state index >= 15 is 0 Å². The summed E-state index contributed by atoms with van der Waals surface area (Å²) in [5.74, 6) is 0. The van der Waals surface area contributed by atoms with E-state index < -0.39 is 32.0 Å². The Kier molecular flexibility index (Phi) is 17.6. The molecule has 0 rings (SSSR count). The van der Waals surface area contributed by atoms with E-state index in [1.54, 1.807) is 27.7 Å². The Morgan fingerprint density at radius 3 is 1.04 bits per heavy atom. The lowest BCUT2D eigenvalue weighted by Gasteiger charge is -2.28. The first kappa shape index (κ1) is 33.3. The van der Waals surface area contributed by atoms with Crippen molar-refractivity contribution in [2.45, 2.75) is 91.3 Å². The standard InChI is InChI=1S/2C7H16O4S.2H3N/c2*1-4-6-7(3,5-2)11-12(8,9)10;;/h2*4-6H2,1-3H3,(H,8,9,10);2*1H3. The first-order valence-corrected chi connectivity index (χ1v) is 10.7. The molecule has 164 valence electrons. The molecular formula is C14H38N2O8S2. The van der Waals surface area contributed by atoms with Crippen LogP contribution in [0.5, 0.6) is 0 Å². The number of hydrogen-bond acceptors (Lipinski definition) is 8. The van der Waals surface area contributed by atoms with Gasteiger partial charge >= 0.3 is 0 Å². The Morgan fingerprint density at radius 1 is 0.692 bits per heavy atom. The minimum absolute atomic E-state index is 0. The fourth-order valence-electron chi connectivity index (χ4n) is 2.11. The van der Waals surface area contributed by atoms with Gasteiger partial charge in [0.1, 0.15) is 0 Å². The van der Waals surface area contributed by atoms with Crippen LogP contribution >= 0.6 is 0 Å². The minimum Gasteiger partial charge on any atom is -0.726 e. The third-order valence-corrected chi connectivity index (χ3v) is 4.87. The van der Waals surface area contributed by atoms with E-state index in [1.165, 1.54) is 0 Å². The van der Waals surface area contributed by atoms with Gasteiger partial charge in [-0.25, -0.2) is 16.8 Å². The van der Waals surface area contributed by atoms with E-state index in [2.05, 4.69) is 8.37 Å². The second-order valence-corrected chi connectivity index (χ2v) is 8.06. The summed E-state index contributed by atoms with van der Waals surface area (Å²) in [6.45, 7) is 10.7. The van der Waals surface area contributed by atoms with Crippen molar-refractivity contribution in [1.29, 1.82) is 0 Å². The van der Waals surface area contributed by atoms with Gasteiger partial charge < -0.3 is 21.4 Å². The molecule has 26 heavy (non-hydrogen) atoms. The normalized spacial score (nSPS) is 16.0. The summed E-state index contributed by atoms with van der Waals surface area (Å²) >= 11 is 0. The molecule has 0 amide bonds. The molecule has 0 aliphatic heterocycles. The summed E-state index contributed by atoms with van der Waals surface area (Å²) in [6, 6.07) is 0. The Morgan fingerprint density at radius 2 is 0.923 bits per heavy atom. The van der Waals surface area contributed by atoms with Gasteiger partial charge in [0.2, 0.25) is 20.8 Å². The molecule has 12 heteroatoms. The van der Waals surface area contributed by atoms with Crippen molar-refractivity contribution in [3.8, 4) is 0 Å². The van der Waals surface area contributed by atoms with E-state index in [0.29, 0.717) is 25.7 Å². The predicted octanol–water partition coefficient (Wildman–Crippen LogP) is 3.62. The highest BCUT2D eigenvalue weighted by Gasteiger charge is 2.25. The van der Waals surface area contributed by atoms with Crippen molar-refractivity contribution in [3.63, 3.8) is 0 Å². The SMILES string of the molecule is CCCC(C)(CC)OS(=O)(=O)[O-].CCCC(C)(CC)OS(=O)(=O)[O-].[NH4+].[NH4+]. The van der Waals surface area contributed by atoms with Gasteiger partial charge in [-0.15, -0.1) is 0 Å². The third kappa shape index (κ3) is 18.5. The Balaban J connectivity index is -0.000000173. The molecule has 0 bridgehead atoms. The van der Waals surface area contributed by atoms with Crippen LogP contribution in [0.1, 0.15) is 80.1 Å². The molecule has 0 aromatic carbocycles. The van der Waals surface area contributed by atoms with Crippen LogP contribution in [-0.4, -0.2) is 37.1 Å². The average Bonchev–Trinajstić information content (AvgIpc) is 2.36. The predicted molar refractivity (Wildman–Crippen MR) is 101 cm³/mol. The number of quaternary nitrogens is 2. The van der Waals surface area contributed by atoms with Crippen molar-refractivity contribution in [2.75, 3.05) is 0 Å². The highest BCUT2D eigenvalue weighted by atomic mass is 32.3. The first-order valence-electron chi connectivity index (χ1n) is 7.98. The van der Waals surface area contributed by atoms with Crippen LogP contribution in [0.4, 0.5) is 0 Å². The molecule has 0 heterocycles. The van der Waals surface area contributed by atoms with Gasteiger partial charge in [-0.05, 0) is 39.5 Å². The monoisotopic (exact) mass is 426 g/mol. The van der Waals surface area contributed by atoms with E-state index in [9.17, 15) is 25.9 Å². The summed E-state index contributed by atoms with van der Waals surface area (Å²) in [4.78, 5) is 0. The second kappa shape index (κ2) is 13.8. The van der Waals surface area contributed by atoms with Gasteiger partial charge in [-0.2, -0.15) is 0 Å². The maximum atomic E-state index is 10.3. The van der Waals surface area contributed by atoms with Gasteiger partial charge in [0.05, 0.1) is 11.2 Å². The molecule has 8 N–H and O–H groups in total. The van der Waals surface area contributed by atoms with Crippen LogP contribution in [0.25, 0.3) is 0 Å². The van der Waals surface area contributed by atoms with Crippen LogP contribution in [0.3, 0.4) is 0 Å². The summed E-state index contributed by atoms with van der Waals surface area (Å²) in [6.07, 6.45) is 3.76. The minimum atomic E-state index is -4.57. The molecule has 0 radical (unpaired) electrons. The highest BCUT2D eigenvalue weighted by molar-refractivity contribution is 7.81. The van der Waals surface area contributed by atoms with E-state index in [-0.39, 0.29) is 12.3 Å². The van der Waals surface area contributed by atoms with Crippen LogP contribution in [0, 0.1) is 0 Å². The summed E-state index contributed by atoms with van der Waals surface area (Å²) in [5.41, 5.74) is -1.65. The molecule has 0 aromatic heterocycles. The Labute approximate surface area is 159 Å². The maximum Gasteiger partial charge on any atom is 0.218 e. The van der Waals surface area contributed by atoms with Gasteiger partial charge in [-0.1, -0.05) is 40.5 Å². The summed E-state index contributed by atoms with van der Waals surface area (Å²) < 4.78 is 70.7. The number of hydrogen-bond donors (Lipinski definition) is 2. The molecule has 0 fully saturated rings. The van der Waals surface area contributed by atoms with Gasteiger partial charge in [-0.3, -0.25) is 8.37 Å². The zero-order chi connectivity index (χ0) is 19.7. The fourth-order valence-corrected chi connectivity index (χ4v) is 3.49. The largest absolute Gasteiger partial charge is 0.726 e. The first-order chi connectivity index (χ1) is 10.7. The van der Waals surface area contributed by atoms with Crippen LogP contribution < -0.4 is 12.3 Å². The lowest BCUT2D eigenvalue weighted by Crippen LogP contribution is -2.30. The van der Waals surface area contributed by atoms with Crippen molar-refractivity contribution in [3.05, 3.63) is 0 Å².